The Kier molecular flexibility index (Phi) is 17.8. The summed E-state index contributed by atoms with van der Waals surface area (Å²) in [6.07, 6.45) is -17.2. The molecule has 372 valence electrons. The molecule has 0 aliphatic heterocycles. The highest BCUT2D eigenvalue weighted by atomic mass is 19.4. The third kappa shape index (κ3) is 14.4. The summed E-state index contributed by atoms with van der Waals surface area (Å²) >= 11 is 0. The largest absolute Gasteiger partial charge is 0.417 e. The zero-order chi connectivity index (χ0) is 52.7. The highest BCUT2D eigenvalue weighted by Crippen LogP contribution is 2.46. The Morgan fingerprint density at radius 3 is 1.01 bits per heavy atom. The van der Waals surface area contributed by atoms with E-state index in [9.17, 15) is 52.7 Å². The molecule has 0 atom stereocenters. The summed E-state index contributed by atoms with van der Waals surface area (Å²) in [4.78, 5) is 0. The van der Waals surface area contributed by atoms with Gasteiger partial charge in [-0.25, -0.2) is 0 Å². The molecule has 0 saturated heterocycles. The molecule has 0 amide bonds. The molecule has 0 unspecified atom stereocenters. The molecule has 0 heterocycles. The molecule has 7 aromatic rings. The maximum absolute atomic E-state index is 13.7. The van der Waals surface area contributed by atoms with Crippen molar-refractivity contribution in [1.82, 2.24) is 0 Å². The van der Waals surface area contributed by atoms with Crippen molar-refractivity contribution in [3.05, 3.63) is 223 Å². The van der Waals surface area contributed by atoms with Gasteiger partial charge in [0.05, 0.1) is 16.7 Å². The molecular formula is C58H56F12. The zero-order valence-electron chi connectivity index (χ0n) is 40.8. The van der Waals surface area contributed by atoms with Gasteiger partial charge in [-0.15, -0.1) is 0 Å². The van der Waals surface area contributed by atoms with E-state index in [1.165, 1.54) is 45.0 Å². The van der Waals surface area contributed by atoms with Gasteiger partial charge < -0.3 is 0 Å². The van der Waals surface area contributed by atoms with E-state index >= 15 is 0 Å². The van der Waals surface area contributed by atoms with E-state index in [1.807, 2.05) is 71.9 Å². The molecule has 70 heavy (non-hydrogen) atoms. The normalized spacial score (nSPS) is 11.9. The Bertz CT molecular complexity index is 2810. The highest BCUT2D eigenvalue weighted by molar-refractivity contribution is 5.72. The van der Waals surface area contributed by atoms with Gasteiger partial charge in [-0.2, -0.15) is 52.7 Å². The molecule has 0 nitrogen and oxygen atoms in total. The fourth-order valence-corrected chi connectivity index (χ4v) is 7.58. The number of halogens is 12. The van der Waals surface area contributed by atoms with Gasteiger partial charge in [0.25, 0.3) is 0 Å². The smallest absolute Gasteiger partial charge is 0.170 e. The van der Waals surface area contributed by atoms with Crippen LogP contribution in [-0.4, -0.2) is 6.18 Å². The van der Waals surface area contributed by atoms with Crippen molar-refractivity contribution >= 4 is 0 Å². The number of hydrogen-bond donors (Lipinski definition) is 0. The average molecular weight is 981 g/mol. The van der Waals surface area contributed by atoms with Gasteiger partial charge in [0.1, 0.15) is 5.41 Å². The lowest BCUT2D eigenvalue weighted by Crippen LogP contribution is -2.40. The van der Waals surface area contributed by atoms with Crippen molar-refractivity contribution in [2.75, 3.05) is 0 Å². The van der Waals surface area contributed by atoms with Crippen LogP contribution in [0.1, 0.15) is 90.4 Å². The molecule has 0 N–H and O–H groups in total. The van der Waals surface area contributed by atoms with Crippen LogP contribution in [0, 0.1) is 69.2 Å². The molecule has 0 bridgehead atoms. The first-order chi connectivity index (χ1) is 32.2. The Morgan fingerprint density at radius 1 is 0.271 bits per heavy atom. The van der Waals surface area contributed by atoms with Gasteiger partial charge in [0, 0.05) is 0 Å². The average Bonchev–Trinajstić information content (AvgIpc) is 3.25. The Balaban J connectivity index is 0.000000206. The first kappa shape index (κ1) is 56.3. The molecule has 0 fully saturated rings. The van der Waals surface area contributed by atoms with E-state index in [2.05, 4.69) is 0 Å². The minimum atomic E-state index is -4.35. The van der Waals surface area contributed by atoms with Crippen LogP contribution in [0.5, 0.6) is 0 Å². The molecule has 7 aromatic carbocycles. The molecule has 0 spiro atoms. The Hall–Kier alpha value is -6.30. The second-order valence-corrected chi connectivity index (χ2v) is 17.9. The van der Waals surface area contributed by atoms with E-state index in [4.69, 9.17) is 0 Å². The highest BCUT2D eigenvalue weighted by Gasteiger charge is 2.53. The molecular weight excluding hydrogens is 925 g/mol. The van der Waals surface area contributed by atoms with E-state index in [0.717, 1.165) is 45.0 Å². The summed E-state index contributed by atoms with van der Waals surface area (Å²) in [5, 5.41) is 0. The van der Waals surface area contributed by atoms with Crippen molar-refractivity contribution in [3.8, 4) is 22.3 Å². The van der Waals surface area contributed by atoms with Gasteiger partial charge in [-0.3, -0.25) is 0 Å². The van der Waals surface area contributed by atoms with Crippen molar-refractivity contribution in [3.63, 3.8) is 0 Å². The summed E-state index contributed by atoms with van der Waals surface area (Å²) in [5.41, 5.74) is 6.92. The topological polar surface area (TPSA) is 0 Å². The second-order valence-electron chi connectivity index (χ2n) is 17.9. The molecule has 0 aliphatic rings. The fourth-order valence-electron chi connectivity index (χ4n) is 7.58. The fraction of sp³-hybridized carbons (Fsp3) is 0.276. The number of rotatable bonds is 4. The lowest BCUT2D eigenvalue weighted by Gasteiger charge is -2.33. The first-order valence-electron chi connectivity index (χ1n) is 22.1. The van der Waals surface area contributed by atoms with E-state index in [0.29, 0.717) is 22.3 Å². The summed E-state index contributed by atoms with van der Waals surface area (Å²) in [7, 11) is 0. The van der Waals surface area contributed by atoms with Crippen LogP contribution in [0.2, 0.25) is 0 Å². The van der Waals surface area contributed by atoms with Crippen LogP contribution in [0.3, 0.4) is 0 Å². The number of benzene rings is 7. The maximum atomic E-state index is 13.7. The molecule has 0 saturated carbocycles. The van der Waals surface area contributed by atoms with Crippen molar-refractivity contribution in [2.24, 2.45) is 0 Å². The molecule has 0 aliphatic carbocycles. The standard InChI is InChI=1S/C17H17F3.2C16H15F3.C9H9F3/c1-12-4-8-14(9-5-12)16(3,17(18,19)20)15-10-6-13(2)7-11-15;1-10-4-6-13(8-12(10)3)14-7-5-11(2)15(9-14)16(17,18)19;1-10-4-6-13(12(3)8-10)14-7-5-11(2)9-15(14)16(17,18)19;1-6-3-4-7(2)8(5-6)9(10,11)12/h4-11H,1-3H3;2*4-9H,1-3H3;3-5H,1-2H3. The van der Waals surface area contributed by atoms with Gasteiger partial charge in [-0.1, -0.05) is 149 Å². The van der Waals surface area contributed by atoms with E-state index in [-0.39, 0.29) is 27.8 Å². The van der Waals surface area contributed by atoms with Crippen LogP contribution in [0.25, 0.3) is 22.3 Å². The quantitative estimate of drug-likeness (QED) is 0.154. The minimum Gasteiger partial charge on any atom is -0.170 e. The first-order valence-corrected chi connectivity index (χ1v) is 22.1. The van der Waals surface area contributed by atoms with Crippen molar-refractivity contribution in [1.29, 1.82) is 0 Å². The van der Waals surface area contributed by atoms with Crippen molar-refractivity contribution < 1.29 is 52.7 Å². The lowest BCUT2D eigenvalue weighted by molar-refractivity contribution is -0.173. The zero-order valence-corrected chi connectivity index (χ0v) is 40.8. The number of alkyl halides is 12. The SMILES string of the molecule is Cc1ccc(-c2ccc(C)c(C(F)(F)F)c2)cc1C.Cc1ccc(-c2ccc(C)cc2C(F)(F)F)c(C)c1.Cc1ccc(C(C)(c2ccc(C)cc2)C(F)(F)F)cc1.Cc1ccc(C)c(C(F)(F)F)c1. The molecule has 7 rings (SSSR count). The minimum absolute atomic E-state index is 0.246. The van der Waals surface area contributed by atoms with Crippen LogP contribution in [-0.2, 0) is 23.9 Å². The Morgan fingerprint density at radius 2 is 0.614 bits per heavy atom. The van der Waals surface area contributed by atoms with Gasteiger partial charge in [-0.05, 0) is 156 Å². The van der Waals surface area contributed by atoms with Crippen LogP contribution < -0.4 is 0 Å². The van der Waals surface area contributed by atoms with Crippen molar-refractivity contribution in [2.45, 2.75) is 106 Å². The molecule has 12 heteroatoms. The summed E-state index contributed by atoms with van der Waals surface area (Å²) < 4.78 is 156. The monoisotopic (exact) mass is 980 g/mol. The van der Waals surface area contributed by atoms with Crippen LogP contribution >= 0.6 is 0 Å². The predicted molar refractivity (Wildman–Crippen MR) is 258 cm³/mol. The van der Waals surface area contributed by atoms with Crippen LogP contribution in [0.15, 0.2) is 140 Å². The summed E-state index contributed by atoms with van der Waals surface area (Å²) in [6, 6.07) is 37.5. The van der Waals surface area contributed by atoms with Gasteiger partial charge in [0.2, 0.25) is 0 Å². The molecule has 0 radical (unpaired) electrons. The van der Waals surface area contributed by atoms with E-state index < -0.39 is 46.8 Å². The van der Waals surface area contributed by atoms with E-state index in [1.54, 1.807) is 92.7 Å². The third-order valence-corrected chi connectivity index (χ3v) is 12.1. The summed E-state index contributed by atoms with van der Waals surface area (Å²) in [5.74, 6) is 0. The Labute approximate surface area is 403 Å². The second kappa shape index (κ2) is 22.2. The number of hydrogen-bond acceptors (Lipinski definition) is 0. The maximum Gasteiger partial charge on any atom is 0.417 e. The third-order valence-electron chi connectivity index (χ3n) is 12.1. The lowest BCUT2D eigenvalue weighted by atomic mass is 9.75. The summed E-state index contributed by atoms with van der Waals surface area (Å²) in [6.45, 7) is 18.9. The van der Waals surface area contributed by atoms with Crippen LogP contribution in [0.4, 0.5) is 52.7 Å². The van der Waals surface area contributed by atoms with Gasteiger partial charge in [0.15, 0.2) is 0 Å². The molecule has 0 aromatic heterocycles. The van der Waals surface area contributed by atoms with Gasteiger partial charge >= 0.3 is 24.7 Å². The predicted octanol–water partition coefficient (Wildman–Crippen LogP) is 19.1. The number of aryl methyl sites for hydroxylation is 10.